The molecule has 0 fully saturated rings. The Labute approximate surface area is 146 Å². The maximum absolute atomic E-state index is 12.0. The molecule has 2 unspecified atom stereocenters. The number of aromatic nitrogens is 1. The van der Waals surface area contributed by atoms with Gasteiger partial charge >= 0.3 is 0 Å². The number of nitrogens with two attached hydrogens (primary N) is 1. The van der Waals surface area contributed by atoms with Crippen molar-refractivity contribution >= 4 is 17.2 Å². The van der Waals surface area contributed by atoms with Crippen molar-refractivity contribution in [2.24, 2.45) is 5.73 Å². The van der Waals surface area contributed by atoms with E-state index < -0.39 is 6.04 Å². The first-order valence-electron chi connectivity index (χ1n) is 7.63. The van der Waals surface area contributed by atoms with Crippen LogP contribution in [0.4, 0.5) is 0 Å². The van der Waals surface area contributed by atoms with Crippen molar-refractivity contribution in [3.63, 3.8) is 0 Å². The molecule has 1 aromatic heterocycles. The number of carbonyl (C=O) groups is 1. The van der Waals surface area contributed by atoms with E-state index in [0.29, 0.717) is 0 Å². The number of nitrogens with zero attached hydrogens (tertiary/aromatic N) is 1. The van der Waals surface area contributed by atoms with Gasteiger partial charge < -0.3 is 20.5 Å². The van der Waals surface area contributed by atoms with Crippen LogP contribution in [0.5, 0.6) is 5.75 Å². The second-order valence-corrected chi connectivity index (χ2v) is 6.52. The van der Waals surface area contributed by atoms with E-state index in [4.69, 9.17) is 15.2 Å². The number of ether oxygens (including phenoxy) is 2. The highest BCUT2D eigenvalue weighted by Crippen LogP contribution is 2.32. The number of benzene rings is 1. The zero-order valence-corrected chi connectivity index (χ0v) is 15.1. The van der Waals surface area contributed by atoms with E-state index in [1.165, 1.54) is 7.11 Å². The average molecular weight is 349 g/mol. The third-order valence-electron chi connectivity index (χ3n) is 3.60. The number of rotatable bonds is 7. The maximum atomic E-state index is 12.0. The Hall–Kier alpha value is -1.96. The van der Waals surface area contributed by atoms with Crippen LogP contribution in [0.25, 0.3) is 10.6 Å². The summed E-state index contributed by atoms with van der Waals surface area (Å²) >= 11 is 1.56. The van der Waals surface area contributed by atoms with Gasteiger partial charge in [-0.3, -0.25) is 4.79 Å². The Balaban J connectivity index is 2.13. The minimum Gasteiger partial charge on any atom is -0.497 e. The second kappa shape index (κ2) is 8.23. The van der Waals surface area contributed by atoms with Crippen LogP contribution in [0.15, 0.2) is 24.3 Å². The van der Waals surface area contributed by atoms with E-state index in [2.05, 4.69) is 10.3 Å². The average Bonchev–Trinajstić information content (AvgIpc) is 2.97. The lowest BCUT2D eigenvalue weighted by Gasteiger charge is -2.16. The molecule has 0 saturated carbocycles. The predicted octanol–water partition coefficient (Wildman–Crippen LogP) is 2.28. The first-order chi connectivity index (χ1) is 11.5. The van der Waals surface area contributed by atoms with Gasteiger partial charge in [0, 0.05) is 12.7 Å². The van der Waals surface area contributed by atoms with Crippen LogP contribution < -0.4 is 15.8 Å². The molecule has 0 bridgehead atoms. The van der Waals surface area contributed by atoms with E-state index in [1.807, 2.05) is 38.1 Å². The fraction of sp³-hybridized carbons (Fsp3) is 0.412. The minimum absolute atomic E-state index is 0.162. The monoisotopic (exact) mass is 349 g/mol. The summed E-state index contributed by atoms with van der Waals surface area (Å²) in [6.45, 7) is 4.06. The number of thiazole rings is 1. The Morgan fingerprint density at radius 3 is 2.58 bits per heavy atom. The molecule has 24 heavy (non-hydrogen) atoms. The maximum Gasteiger partial charge on any atom is 0.239 e. The minimum atomic E-state index is -0.674. The number of nitrogens with one attached hydrogen (secondary N) is 1. The quantitative estimate of drug-likeness (QED) is 0.801. The Bertz CT molecular complexity index is 685. The number of aryl methyl sites for hydroxylation is 1. The van der Waals surface area contributed by atoms with Crippen LogP contribution in [0.3, 0.4) is 0 Å². The van der Waals surface area contributed by atoms with Gasteiger partial charge in [-0.25, -0.2) is 4.98 Å². The summed E-state index contributed by atoms with van der Waals surface area (Å²) in [7, 11) is 3.16. The second-order valence-electron chi connectivity index (χ2n) is 5.49. The van der Waals surface area contributed by atoms with Crippen LogP contribution in [0, 0.1) is 6.92 Å². The lowest BCUT2D eigenvalue weighted by molar-refractivity contribution is -0.124. The molecule has 7 heteroatoms. The summed E-state index contributed by atoms with van der Waals surface area (Å²) in [5, 5.41) is 3.82. The van der Waals surface area contributed by atoms with Gasteiger partial charge in [-0.1, -0.05) is 0 Å². The van der Waals surface area contributed by atoms with Gasteiger partial charge in [-0.15, -0.1) is 11.3 Å². The third kappa shape index (κ3) is 4.31. The molecule has 0 aliphatic heterocycles. The first-order valence-corrected chi connectivity index (χ1v) is 8.44. The van der Waals surface area contributed by atoms with E-state index in [9.17, 15) is 4.79 Å². The lowest BCUT2D eigenvalue weighted by atomic mass is 10.2. The number of hydrogen-bond acceptors (Lipinski definition) is 6. The van der Waals surface area contributed by atoms with Crippen molar-refractivity contribution in [1.29, 1.82) is 0 Å². The van der Waals surface area contributed by atoms with Gasteiger partial charge in [0.15, 0.2) is 0 Å². The molecular formula is C17H23N3O3S. The Morgan fingerprint density at radius 1 is 1.33 bits per heavy atom. The molecule has 0 aliphatic rings. The molecule has 2 rings (SSSR count). The summed E-state index contributed by atoms with van der Waals surface area (Å²) in [6, 6.07) is 6.91. The normalized spacial score (nSPS) is 13.4. The van der Waals surface area contributed by atoms with E-state index in [-0.39, 0.29) is 18.6 Å². The summed E-state index contributed by atoms with van der Waals surface area (Å²) in [5.74, 6) is 0.572. The smallest absolute Gasteiger partial charge is 0.239 e. The van der Waals surface area contributed by atoms with Crippen molar-refractivity contribution in [3.05, 3.63) is 34.8 Å². The van der Waals surface area contributed by atoms with E-state index in [1.54, 1.807) is 18.4 Å². The third-order valence-corrected chi connectivity index (χ3v) is 4.99. The zero-order valence-electron chi connectivity index (χ0n) is 14.3. The molecule has 130 valence electrons. The van der Waals surface area contributed by atoms with Crippen LogP contribution in [-0.4, -0.2) is 37.8 Å². The molecule has 1 amide bonds. The Morgan fingerprint density at radius 2 is 2.00 bits per heavy atom. The SMILES string of the molecule is COCC(N)C(=O)NC(C)c1sc(-c2ccc(OC)cc2)nc1C. The van der Waals surface area contributed by atoms with Gasteiger partial charge in [-0.2, -0.15) is 0 Å². The van der Waals surface area contributed by atoms with Crippen molar-refractivity contribution in [1.82, 2.24) is 10.3 Å². The van der Waals surface area contributed by atoms with Gasteiger partial charge in [0.05, 0.1) is 30.3 Å². The fourth-order valence-corrected chi connectivity index (χ4v) is 3.38. The summed E-state index contributed by atoms with van der Waals surface area (Å²) in [5.41, 5.74) is 7.67. The van der Waals surface area contributed by atoms with E-state index >= 15 is 0 Å². The highest BCUT2D eigenvalue weighted by molar-refractivity contribution is 7.15. The number of hydrogen-bond donors (Lipinski definition) is 2. The Kier molecular flexibility index (Phi) is 6.30. The number of methoxy groups -OCH3 is 2. The highest BCUT2D eigenvalue weighted by atomic mass is 32.1. The molecule has 0 aliphatic carbocycles. The van der Waals surface area contributed by atoms with Gasteiger partial charge in [0.1, 0.15) is 16.8 Å². The molecule has 3 N–H and O–H groups in total. The molecule has 2 atom stereocenters. The molecular weight excluding hydrogens is 326 g/mol. The molecule has 0 spiro atoms. The summed E-state index contributed by atoms with van der Waals surface area (Å²) in [4.78, 5) is 17.7. The first kappa shape index (κ1) is 18.4. The number of carbonyl (C=O) groups excluding carboxylic acids is 1. The van der Waals surface area contributed by atoms with Crippen molar-refractivity contribution in [2.45, 2.75) is 25.9 Å². The number of amides is 1. The van der Waals surface area contributed by atoms with Gasteiger partial charge in [0.2, 0.25) is 5.91 Å². The van der Waals surface area contributed by atoms with E-state index in [0.717, 1.165) is 26.9 Å². The predicted molar refractivity (Wildman–Crippen MR) is 95.2 cm³/mol. The van der Waals surface area contributed by atoms with Crippen molar-refractivity contribution in [2.75, 3.05) is 20.8 Å². The van der Waals surface area contributed by atoms with Crippen LogP contribution >= 0.6 is 11.3 Å². The highest BCUT2D eigenvalue weighted by Gasteiger charge is 2.20. The van der Waals surface area contributed by atoms with Gasteiger partial charge in [-0.05, 0) is 38.1 Å². The lowest BCUT2D eigenvalue weighted by Crippen LogP contribution is -2.44. The molecule has 2 aromatic rings. The van der Waals surface area contributed by atoms with Crippen LogP contribution in [0.1, 0.15) is 23.5 Å². The van der Waals surface area contributed by atoms with Gasteiger partial charge in [0.25, 0.3) is 0 Å². The molecule has 1 heterocycles. The van der Waals surface area contributed by atoms with Crippen molar-refractivity contribution in [3.8, 4) is 16.3 Å². The summed E-state index contributed by atoms with van der Waals surface area (Å²) < 4.78 is 10.1. The van der Waals surface area contributed by atoms with Crippen LogP contribution in [0.2, 0.25) is 0 Å². The largest absolute Gasteiger partial charge is 0.497 e. The van der Waals surface area contributed by atoms with Crippen molar-refractivity contribution < 1.29 is 14.3 Å². The molecule has 1 aromatic carbocycles. The molecule has 0 saturated heterocycles. The molecule has 6 nitrogen and oxygen atoms in total. The zero-order chi connectivity index (χ0) is 17.7. The molecule has 0 radical (unpaired) electrons. The standard InChI is InChI=1S/C17H23N3O3S/c1-10(19-16(21)14(18)9-22-3)15-11(2)20-17(24-15)12-5-7-13(23-4)8-6-12/h5-8,10,14H,9,18H2,1-4H3,(H,19,21). The summed E-state index contributed by atoms with van der Waals surface area (Å²) in [6.07, 6.45) is 0. The topological polar surface area (TPSA) is 86.5 Å². The fourth-order valence-electron chi connectivity index (χ4n) is 2.31. The van der Waals surface area contributed by atoms with Crippen LogP contribution in [-0.2, 0) is 9.53 Å².